The van der Waals surface area contributed by atoms with Crippen molar-refractivity contribution in [2.75, 3.05) is 13.1 Å². The van der Waals surface area contributed by atoms with Crippen LogP contribution in [0.25, 0.3) is 0 Å². The standard InChI is InChI=1S/C22H26ClFN2O3S/c1-2-3-4-17-5-7-22(8-6-17)30(27,28)26-11-9-21(10-12-26)25-29-16-18-13-19(23)15-20(24)14-18/h5-8,13-15H,2-4,9-12,16H2,1H3. The molecule has 0 atom stereocenters. The number of unbranched alkanes of at least 4 members (excludes halogenated alkanes) is 1. The van der Waals surface area contributed by atoms with Gasteiger partial charge in [0.15, 0.2) is 0 Å². The van der Waals surface area contributed by atoms with Gasteiger partial charge >= 0.3 is 0 Å². The van der Waals surface area contributed by atoms with Crippen LogP contribution in [0.2, 0.25) is 5.02 Å². The molecule has 0 spiro atoms. The molecule has 0 radical (unpaired) electrons. The van der Waals surface area contributed by atoms with Gasteiger partial charge in [0, 0.05) is 31.0 Å². The molecular weight excluding hydrogens is 427 g/mol. The second kappa shape index (κ2) is 10.4. The van der Waals surface area contributed by atoms with Crippen LogP contribution in [0, 0.1) is 5.82 Å². The van der Waals surface area contributed by atoms with Crippen LogP contribution in [0.1, 0.15) is 43.7 Å². The monoisotopic (exact) mass is 452 g/mol. The van der Waals surface area contributed by atoms with E-state index in [-0.39, 0.29) is 6.61 Å². The van der Waals surface area contributed by atoms with Gasteiger partial charge in [0.1, 0.15) is 12.4 Å². The Labute approximate surface area is 182 Å². The lowest BCUT2D eigenvalue weighted by Gasteiger charge is -2.26. The zero-order chi connectivity index (χ0) is 21.6. The summed E-state index contributed by atoms with van der Waals surface area (Å²) in [6.45, 7) is 2.95. The molecule has 30 heavy (non-hydrogen) atoms. The van der Waals surface area contributed by atoms with Crippen LogP contribution in [-0.4, -0.2) is 31.5 Å². The van der Waals surface area contributed by atoms with E-state index < -0.39 is 15.8 Å². The molecule has 1 aliphatic heterocycles. The predicted molar refractivity (Wildman–Crippen MR) is 117 cm³/mol. The number of piperidine rings is 1. The van der Waals surface area contributed by atoms with Crippen LogP contribution >= 0.6 is 11.6 Å². The third-order valence-electron chi connectivity index (χ3n) is 5.03. The predicted octanol–water partition coefficient (Wildman–Crippen LogP) is 5.18. The van der Waals surface area contributed by atoms with Crippen molar-refractivity contribution in [1.82, 2.24) is 4.31 Å². The maximum atomic E-state index is 13.3. The maximum Gasteiger partial charge on any atom is 0.243 e. The van der Waals surface area contributed by atoms with Gasteiger partial charge in [-0.15, -0.1) is 0 Å². The highest BCUT2D eigenvalue weighted by Gasteiger charge is 2.28. The number of halogens is 2. The quantitative estimate of drug-likeness (QED) is 0.518. The molecule has 0 unspecified atom stereocenters. The number of aryl methyl sites for hydroxylation is 1. The first kappa shape index (κ1) is 22.7. The first-order valence-electron chi connectivity index (χ1n) is 10.1. The summed E-state index contributed by atoms with van der Waals surface area (Å²) in [5, 5.41) is 4.40. The van der Waals surface area contributed by atoms with Crippen molar-refractivity contribution < 1.29 is 17.6 Å². The highest BCUT2D eigenvalue weighted by molar-refractivity contribution is 7.89. The Morgan fingerprint density at radius 2 is 1.80 bits per heavy atom. The number of sulfonamides is 1. The first-order chi connectivity index (χ1) is 14.4. The lowest BCUT2D eigenvalue weighted by Crippen LogP contribution is -2.38. The minimum Gasteiger partial charge on any atom is -0.391 e. The van der Waals surface area contributed by atoms with E-state index in [9.17, 15) is 12.8 Å². The summed E-state index contributed by atoms with van der Waals surface area (Å²) >= 11 is 5.82. The summed E-state index contributed by atoms with van der Waals surface area (Å²) in [6.07, 6.45) is 4.16. The lowest BCUT2D eigenvalue weighted by molar-refractivity contribution is 0.128. The number of benzene rings is 2. The van der Waals surface area contributed by atoms with E-state index >= 15 is 0 Å². The second-order valence-electron chi connectivity index (χ2n) is 7.36. The summed E-state index contributed by atoms with van der Waals surface area (Å²) in [5.74, 6) is -0.425. The Balaban J connectivity index is 1.54. The number of hydrogen-bond donors (Lipinski definition) is 0. The van der Waals surface area contributed by atoms with Gasteiger partial charge in [0.25, 0.3) is 0 Å². The van der Waals surface area contributed by atoms with Crippen molar-refractivity contribution in [3.63, 3.8) is 0 Å². The topological polar surface area (TPSA) is 59.0 Å². The number of rotatable bonds is 8. The molecule has 1 fully saturated rings. The van der Waals surface area contributed by atoms with Gasteiger partial charge < -0.3 is 4.84 Å². The molecule has 0 amide bonds. The van der Waals surface area contributed by atoms with Crippen LogP contribution in [0.4, 0.5) is 4.39 Å². The van der Waals surface area contributed by atoms with Gasteiger partial charge in [0.05, 0.1) is 10.6 Å². The molecule has 1 aliphatic rings. The van der Waals surface area contributed by atoms with E-state index in [0.29, 0.717) is 41.4 Å². The number of hydrogen-bond acceptors (Lipinski definition) is 4. The largest absolute Gasteiger partial charge is 0.391 e. The van der Waals surface area contributed by atoms with Crippen LogP contribution in [0.5, 0.6) is 0 Å². The van der Waals surface area contributed by atoms with Gasteiger partial charge in [0.2, 0.25) is 10.0 Å². The SMILES string of the molecule is CCCCc1ccc(S(=O)(=O)N2CCC(=NOCc3cc(F)cc(Cl)c3)CC2)cc1. The van der Waals surface area contributed by atoms with Gasteiger partial charge in [-0.2, -0.15) is 4.31 Å². The average molecular weight is 453 g/mol. The van der Waals surface area contributed by atoms with E-state index in [1.807, 2.05) is 12.1 Å². The molecule has 8 heteroatoms. The summed E-state index contributed by atoms with van der Waals surface area (Å²) in [5.41, 5.74) is 2.53. The molecule has 0 N–H and O–H groups in total. The molecular formula is C22H26ClFN2O3S. The van der Waals surface area contributed by atoms with Crippen molar-refractivity contribution in [3.05, 3.63) is 64.4 Å². The Morgan fingerprint density at radius 1 is 1.10 bits per heavy atom. The van der Waals surface area contributed by atoms with Gasteiger partial charge in [-0.1, -0.05) is 42.2 Å². The molecule has 3 rings (SSSR count). The molecule has 2 aromatic rings. The summed E-state index contributed by atoms with van der Waals surface area (Å²) < 4.78 is 40.6. The zero-order valence-corrected chi connectivity index (χ0v) is 18.6. The maximum absolute atomic E-state index is 13.3. The van der Waals surface area contributed by atoms with Crippen molar-refractivity contribution >= 4 is 27.3 Å². The summed E-state index contributed by atoms with van der Waals surface area (Å²) in [6, 6.07) is 11.4. The highest BCUT2D eigenvalue weighted by atomic mass is 35.5. The van der Waals surface area contributed by atoms with Gasteiger partial charge in [-0.05, 0) is 54.3 Å². The Morgan fingerprint density at radius 3 is 2.43 bits per heavy atom. The Hall–Kier alpha value is -1.96. The summed E-state index contributed by atoms with van der Waals surface area (Å²) in [7, 11) is -3.51. The van der Waals surface area contributed by atoms with Crippen LogP contribution in [0.3, 0.4) is 0 Å². The molecule has 1 saturated heterocycles. The van der Waals surface area contributed by atoms with E-state index in [1.165, 1.54) is 16.4 Å². The molecule has 5 nitrogen and oxygen atoms in total. The second-order valence-corrected chi connectivity index (χ2v) is 9.73. The molecule has 0 aromatic heterocycles. The van der Waals surface area contributed by atoms with E-state index in [2.05, 4.69) is 12.1 Å². The van der Waals surface area contributed by atoms with Crippen LogP contribution in [0.15, 0.2) is 52.5 Å². The fraction of sp³-hybridized carbons (Fsp3) is 0.409. The third-order valence-corrected chi connectivity index (χ3v) is 7.16. The van der Waals surface area contributed by atoms with Crippen LogP contribution in [-0.2, 0) is 27.9 Å². The molecule has 162 valence electrons. The van der Waals surface area contributed by atoms with Gasteiger partial charge in [-0.3, -0.25) is 0 Å². The Kier molecular flexibility index (Phi) is 7.86. The molecule has 0 saturated carbocycles. The molecule has 2 aromatic carbocycles. The average Bonchev–Trinajstić information content (AvgIpc) is 2.72. The lowest BCUT2D eigenvalue weighted by atomic mass is 10.1. The highest BCUT2D eigenvalue weighted by Crippen LogP contribution is 2.21. The number of oxime groups is 1. The Bertz CT molecular complexity index is 964. The van der Waals surface area contributed by atoms with E-state index in [1.54, 1.807) is 18.2 Å². The molecule has 1 heterocycles. The van der Waals surface area contributed by atoms with E-state index in [4.69, 9.17) is 16.4 Å². The fourth-order valence-electron chi connectivity index (χ4n) is 3.33. The van der Waals surface area contributed by atoms with Gasteiger partial charge in [-0.25, -0.2) is 12.8 Å². The zero-order valence-electron chi connectivity index (χ0n) is 17.0. The normalized spacial score (nSPS) is 15.2. The summed E-state index contributed by atoms with van der Waals surface area (Å²) in [4.78, 5) is 5.64. The van der Waals surface area contributed by atoms with Crippen LogP contribution < -0.4 is 0 Å². The van der Waals surface area contributed by atoms with Crippen molar-refractivity contribution in [1.29, 1.82) is 0 Å². The molecule has 0 aliphatic carbocycles. The minimum atomic E-state index is -3.51. The molecule has 0 bridgehead atoms. The smallest absolute Gasteiger partial charge is 0.243 e. The first-order valence-corrected chi connectivity index (χ1v) is 11.9. The third kappa shape index (κ3) is 6.03. The van der Waals surface area contributed by atoms with Crippen molar-refractivity contribution in [3.8, 4) is 0 Å². The van der Waals surface area contributed by atoms with E-state index in [0.717, 1.165) is 30.5 Å². The number of nitrogens with zero attached hydrogens (tertiary/aromatic N) is 2. The van der Waals surface area contributed by atoms with Crippen molar-refractivity contribution in [2.45, 2.75) is 50.5 Å². The van der Waals surface area contributed by atoms with Crippen molar-refractivity contribution in [2.24, 2.45) is 5.16 Å². The minimum absolute atomic E-state index is 0.105. The fourth-order valence-corrected chi connectivity index (χ4v) is 5.01.